The van der Waals surface area contributed by atoms with Crippen molar-refractivity contribution in [3.05, 3.63) is 20.2 Å². The van der Waals surface area contributed by atoms with Crippen molar-refractivity contribution in [3.63, 3.8) is 0 Å². The van der Waals surface area contributed by atoms with Crippen LogP contribution in [0.25, 0.3) is 0 Å². The molecule has 2 atom stereocenters. The molecule has 0 heterocycles. The first-order valence-corrected chi connectivity index (χ1v) is 6.74. The third-order valence-corrected chi connectivity index (χ3v) is 3.29. The average Bonchev–Trinajstić information content (AvgIpc) is 2.29. The minimum absolute atomic E-state index is 0.137. The zero-order valence-corrected chi connectivity index (χ0v) is 11.3. The van der Waals surface area contributed by atoms with Crippen LogP contribution in [-0.4, -0.2) is 22.9 Å². The second-order valence-electron chi connectivity index (χ2n) is 4.84. The van der Waals surface area contributed by atoms with Gasteiger partial charge in [0.1, 0.15) is 0 Å². The summed E-state index contributed by atoms with van der Waals surface area (Å²) in [5, 5.41) is 21.3. The molecule has 0 amide bonds. The Balaban J connectivity index is 4.57. The molecule has 0 spiro atoms. The molecule has 0 aliphatic heterocycles. The van der Waals surface area contributed by atoms with Crippen molar-refractivity contribution in [3.8, 4) is 0 Å². The van der Waals surface area contributed by atoms with Crippen LogP contribution in [0, 0.1) is 32.1 Å². The van der Waals surface area contributed by atoms with Crippen molar-refractivity contribution in [1.29, 1.82) is 0 Å². The number of hydrogen-bond donors (Lipinski definition) is 0. The van der Waals surface area contributed by atoms with Gasteiger partial charge in [-0.3, -0.25) is 20.2 Å². The molecule has 0 aliphatic rings. The van der Waals surface area contributed by atoms with E-state index in [1.807, 2.05) is 13.8 Å². The van der Waals surface area contributed by atoms with Crippen molar-refractivity contribution >= 4 is 0 Å². The van der Waals surface area contributed by atoms with E-state index in [0.29, 0.717) is 0 Å². The Morgan fingerprint density at radius 2 is 1.17 bits per heavy atom. The Morgan fingerprint density at radius 3 is 1.39 bits per heavy atom. The summed E-state index contributed by atoms with van der Waals surface area (Å²) in [7, 11) is 0. The summed E-state index contributed by atoms with van der Waals surface area (Å²) in [6.07, 6.45) is 5.18. The molecule has 0 saturated carbocycles. The molecule has 0 N–H and O–H groups in total. The summed E-state index contributed by atoms with van der Waals surface area (Å²) < 4.78 is 0. The monoisotopic (exact) mass is 260 g/mol. The van der Waals surface area contributed by atoms with Gasteiger partial charge in [0.05, 0.1) is 0 Å². The molecule has 0 saturated heterocycles. The highest BCUT2D eigenvalue weighted by Gasteiger charge is 2.29. The molecule has 0 aliphatic carbocycles. The van der Waals surface area contributed by atoms with Gasteiger partial charge in [0.2, 0.25) is 13.1 Å². The summed E-state index contributed by atoms with van der Waals surface area (Å²) >= 11 is 0. The quantitative estimate of drug-likeness (QED) is 0.421. The van der Waals surface area contributed by atoms with Gasteiger partial charge in [0, 0.05) is 21.7 Å². The van der Waals surface area contributed by atoms with Crippen LogP contribution in [0.15, 0.2) is 0 Å². The predicted molar refractivity (Wildman–Crippen MR) is 69.8 cm³/mol. The Morgan fingerprint density at radius 1 is 0.833 bits per heavy atom. The van der Waals surface area contributed by atoms with Crippen LogP contribution in [0.5, 0.6) is 0 Å². The van der Waals surface area contributed by atoms with Gasteiger partial charge in [0.15, 0.2) is 0 Å². The number of nitrogens with zero attached hydrogens (tertiary/aromatic N) is 2. The fourth-order valence-corrected chi connectivity index (χ4v) is 2.27. The van der Waals surface area contributed by atoms with Crippen molar-refractivity contribution in [2.45, 2.75) is 52.4 Å². The SMILES string of the molecule is CCCC[C@@H](C[N+](=O)[O-])[C@@H](CCCC)C[N+](=O)[O-]. The molecule has 0 unspecified atom stereocenters. The average molecular weight is 260 g/mol. The van der Waals surface area contributed by atoms with Crippen LogP contribution in [0.4, 0.5) is 0 Å². The standard InChI is InChI=1S/C12H24N2O4/c1-3-5-7-11(9-13(15)16)12(8-6-4-2)10-14(17)18/h11-12H,3-10H2,1-2H3/t11-,12-/m0/s1. The number of unbranched alkanes of at least 4 members (excludes halogenated alkanes) is 2. The van der Waals surface area contributed by atoms with E-state index in [1.165, 1.54) is 0 Å². The molecule has 0 aromatic heterocycles. The highest BCUT2D eigenvalue weighted by atomic mass is 16.6. The lowest BCUT2D eigenvalue weighted by atomic mass is 9.84. The molecule has 6 nitrogen and oxygen atoms in total. The maximum Gasteiger partial charge on any atom is 0.207 e. The lowest BCUT2D eigenvalue weighted by Crippen LogP contribution is -2.28. The zero-order chi connectivity index (χ0) is 14.0. The molecule has 0 rings (SSSR count). The maximum absolute atomic E-state index is 10.7. The minimum atomic E-state index is -0.334. The molecule has 6 heteroatoms. The number of rotatable bonds is 11. The Kier molecular flexibility index (Phi) is 9.14. The van der Waals surface area contributed by atoms with Gasteiger partial charge in [-0.1, -0.05) is 39.5 Å². The highest BCUT2D eigenvalue weighted by molar-refractivity contribution is 4.70. The van der Waals surface area contributed by atoms with Crippen LogP contribution in [0.3, 0.4) is 0 Å². The highest BCUT2D eigenvalue weighted by Crippen LogP contribution is 2.24. The molecule has 0 fully saturated rings. The number of hydrogen-bond acceptors (Lipinski definition) is 4. The van der Waals surface area contributed by atoms with Crippen LogP contribution in [-0.2, 0) is 0 Å². The molecular formula is C12H24N2O4. The van der Waals surface area contributed by atoms with Crippen LogP contribution < -0.4 is 0 Å². The molecule has 0 bridgehead atoms. The summed E-state index contributed by atoms with van der Waals surface area (Å²) in [5.74, 6) is -0.311. The lowest BCUT2D eigenvalue weighted by molar-refractivity contribution is -0.508. The molecule has 0 aromatic carbocycles. The van der Waals surface area contributed by atoms with Gasteiger partial charge in [-0.25, -0.2) is 0 Å². The first kappa shape index (κ1) is 16.8. The third kappa shape index (κ3) is 7.97. The Hall–Kier alpha value is -1.20. The van der Waals surface area contributed by atoms with Crippen LogP contribution >= 0.6 is 0 Å². The van der Waals surface area contributed by atoms with Gasteiger partial charge < -0.3 is 0 Å². The zero-order valence-electron chi connectivity index (χ0n) is 11.3. The van der Waals surface area contributed by atoms with Gasteiger partial charge in [-0.15, -0.1) is 0 Å². The molecule has 18 heavy (non-hydrogen) atoms. The van der Waals surface area contributed by atoms with Crippen LogP contribution in [0.1, 0.15) is 52.4 Å². The van der Waals surface area contributed by atoms with E-state index < -0.39 is 0 Å². The van der Waals surface area contributed by atoms with Crippen LogP contribution in [0.2, 0.25) is 0 Å². The lowest BCUT2D eigenvalue weighted by Gasteiger charge is -2.20. The van der Waals surface area contributed by atoms with E-state index in [2.05, 4.69) is 0 Å². The summed E-state index contributed by atoms with van der Waals surface area (Å²) in [6, 6.07) is 0. The van der Waals surface area contributed by atoms with Gasteiger partial charge in [0.25, 0.3) is 0 Å². The second kappa shape index (κ2) is 9.79. The van der Waals surface area contributed by atoms with Gasteiger partial charge in [-0.2, -0.15) is 0 Å². The fourth-order valence-electron chi connectivity index (χ4n) is 2.27. The van der Waals surface area contributed by atoms with E-state index in [-0.39, 0.29) is 34.8 Å². The van der Waals surface area contributed by atoms with E-state index in [1.54, 1.807) is 0 Å². The molecule has 106 valence electrons. The Labute approximate surface area is 108 Å². The van der Waals surface area contributed by atoms with E-state index >= 15 is 0 Å². The van der Waals surface area contributed by atoms with Crippen molar-refractivity contribution in [2.24, 2.45) is 11.8 Å². The van der Waals surface area contributed by atoms with E-state index in [9.17, 15) is 20.2 Å². The summed E-state index contributed by atoms with van der Waals surface area (Å²) in [4.78, 5) is 20.7. The van der Waals surface area contributed by atoms with E-state index in [0.717, 1.165) is 38.5 Å². The molecule has 0 aromatic rings. The predicted octanol–water partition coefficient (Wildman–Crippen LogP) is 3.15. The third-order valence-electron chi connectivity index (χ3n) is 3.29. The van der Waals surface area contributed by atoms with Crippen molar-refractivity contribution in [2.75, 3.05) is 13.1 Å². The summed E-state index contributed by atoms with van der Waals surface area (Å²) in [6.45, 7) is 3.78. The van der Waals surface area contributed by atoms with Crippen molar-refractivity contribution < 1.29 is 9.85 Å². The smallest absolute Gasteiger partial charge is 0.207 e. The van der Waals surface area contributed by atoms with Crippen molar-refractivity contribution in [1.82, 2.24) is 0 Å². The maximum atomic E-state index is 10.7. The van der Waals surface area contributed by atoms with E-state index in [4.69, 9.17) is 0 Å². The topological polar surface area (TPSA) is 86.3 Å². The normalized spacial score (nSPS) is 14.1. The number of nitro groups is 2. The second-order valence-corrected chi connectivity index (χ2v) is 4.84. The first-order chi connectivity index (χ1) is 8.51. The first-order valence-electron chi connectivity index (χ1n) is 6.74. The minimum Gasteiger partial charge on any atom is -0.265 e. The molecular weight excluding hydrogens is 236 g/mol. The largest absolute Gasteiger partial charge is 0.265 e. The van der Waals surface area contributed by atoms with Gasteiger partial charge >= 0.3 is 0 Å². The fraction of sp³-hybridized carbons (Fsp3) is 1.00. The molecule has 0 radical (unpaired) electrons. The van der Waals surface area contributed by atoms with Gasteiger partial charge in [-0.05, 0) is 12.8 Å². The summed E-state index contributed by atoms with van der Waals surface area (Å²) in [5.41, 5.74) is 0. The Bertz CT molecular complexity index is 232.